The highest BCUT2D eigenvalue weighted by atomic mass is 16.6. The van der Waals surface area contributed by atoms with Gasteiger partial charge in [0.05, 0.1) is 18.6 Å². The lowest BCUT2D eigenvalue weighted by Crippen LogP contribution is -2.55. The number of aliphatic carboxylic acids is 1. The first-order valence-electron chi connectivity index (χ1n) is 11.3. The Hall–Kier alpha value is -2.48. The molecular weight excluding hydrogens is 424 g/mol. The third-order valence-electron chi connectivity index (χ3n) is 6.53. The van der Waals surface area contributed by atoms with E-state index in [1.54, 1.807) is 37.5 Å². The lowest BCUT2D eigenvalue weighted by Gasteiger charge is -2.42. The third kappa shape index (κ3) is 6.31. The van der Waals surface area contributed by atoms with Gasteiger partial charge in [-0.2, -0.15) is 0 Å². The summed E-state index contributed by atoms with van der Waals surface area (Å²) in [5.74, 6) is -1.45. The standard InChI is InChI=1S/C26H34O7/c1-18(2)13-14-20-25(3,33-20)24-23(30-4)19(15-16-26(24)17-31-26)32-22(29)12-10-8-6-5-7-9-11-21(27)28/h5-13,19-20,23-24H,14-17H2,1-4H3,(H,27,28)/b7-5+,8-6+,11-9+,12-10+/t19-,20-,23-,24+,25-,26+/m1/s1. The van der Waals surface area contributed by atoms with Gasteiger partial charge in [0.1, 0.15) is 23.4 Å². The molecule has 1 aliphatic carbocycles. The van der Waals surface area contributed by atoms with Crippen LogP contribution >= 0.6 is 0 Å². The van der Waals surface area contributed by atoms with Crippen LogP contribution in [-0.2, 0) is 28.5 Å². The van der Waals surface area contributed by atoms with Gasteiger partial charge in [-0.25, -0.2) is 9.59 Å². The molecule has 2 aliphatic heterocycles. The zero-order valence-corrected chi connectivity index (χ0v) is 19.7. The first-order chi connectivity index (χ1) is 15.7. The van der Waals surface area contributed by atoms with Crippen molar-refractivity contribution in [2.24, 2.45) is 5.92 Å². The molecule has 6 atom stereocenters. The van der Waals surface area contributed by atoms with Crippen molar-refractivity contribution in [3.8, 4) is 0 Å². The molecule has 3 rings (SSSR count). The fraction of sp³-hybridized carbons (Fsp3) is 0.538. The molecule has 0 aromatic carbocycles. The van der Waals surface area contributed by atoms with Gasteiger partial charge in [-0.1, -0.05) is 48.1 Å². The van der Waals surface area contributed by atoms with Gasteiger partial charge < -0.3 is 24.1 Å². The number of rotatable bonds is 10. The number of carboxylic acid groups (broad SMARTS) is 1. The van der Waals surface area contributed by atoms with Crippen molar-refractivity contribution in [2.75, 3.05) is 13.7 Å². The van der Waals surface area contributed by atoms with Crippen LogP contribution in [0.4, 0.5) is 0 Å². The molecule has 7 heteroatoms. The zero-order valence-electron chi connectivity index (χ0n) is 19.7. The molecule has 0 radical (unpaired) electrons. The van der Waals surface area contributed by atoms with Gasteiger partial charge in [0, 0.05) is 19.3 Å². The topological polar surface area (TPSA) is 97.9 Å². The molecule has 1 N–H and O–H groups in total. The van der Waals surface area contributed by atoms with Crippen LogP contribution < -0.4 is 0 Å². The normalized spacial score (nSPS) is 35.6. The summed E-state index contributed by atoms with van der Waals surface area (Å²) in [5.41, 5.74) is 0.642. The number of methoxy groups -OCH3 is 1. The van der Waals surface area contributed by atoms with Crippen molar-refractivity contribution >= 4 is 11.9 Å². The largest absolute Gasteiger partial charge is 0.478 e. The van der Waals surface area contributed by atoms with Crippen molar-refractivity contribution in [1.82, 2.24) is 0 Å². The summed E-state index contributed by atoms with van der Waals surface area (Å²) in [6, 6.07) is 0. The summed E-state index contributed by atoms with van der Waals surface area (Å²) in [7, 11) is 1.65. The Morgan fingerprint density at radius 2 is 1.73 bits per heavy atom. The number of ether oxygens (including phenoxy) is 4. The van der Waals surface area contributed by atoms with Crippen LogP contribution in [0.15, 0.2) is 60.3 Å². The van der Waals surface area contributed by atoms with Crippen LogP contribution in [0.5, 0.6) is 0 Å². The Balaban J connectivity index is 1.59. The molecule has 1 spiro atoms. The van der Waals surface area contributed by atoms with E-state index < -0.39 is 11.9 Å². The van der Waals surface area contributed by atoms with Crippen LogP contribution in [-0.4, -0.2) is 60.3 Å². The predicted molar refractivity (Wildman–Crippen MR) is 124 cm³/mol. The van der Waals surface area contributed by atoms with Gasteiger partial charge >= 0.3 is 11.9 Å². The number of epoxide rings is 2. The molecule has 7 nitrogen and oxygen atoms in total. The highest BCUT2D eigenvalue weighted by Crippen LogP contribution is 2.59. The Labute approximate surface area is 195 Å². The van der Waals surface area contributed by atoms with E-state index in [0.29, 0.717) is 13.0 Å². The Bertz CT molecular complexity index is 873. The first-order valence-corrected chi connectivity index (χ1v) is 11.3. The Morgan fingerprint density at radius 1 is 1.09 bits per heavy atom. The van der Waals surface area contributed by atoms with E-state index in [1.807, 2.05) is 0 Å². The van der Waals surface area contributed by atoms with Crippen molar-refractivity contribution in [3.63, 3.8) is 0 Å². The smallest absolute Gasteiger partial charge is 0.331 e. The SMILES string of the molecule is CO[C@H]1[C@@H]([C@]2(C)O[C@@H]2CC=C(C)C)[C@]2(CC[C@H]1OC(=O)/C=C/C=C/C=C/C=C/C(=O)O)CO2. The van der Waals surface area contributed by atoms with E-state index in [2.05, 4.69) is 26.8 Å². The van der Waals surface area contributed by atoms with Gasteiger partial charge in [0.15, 0.2) is 0 Å². The van der Waals surface area contributed by atoms with E-state index in [4.69, 9.17) is 24.1 Å². The number of carbonyl (C=O) groups excluding carboxylic acids is 1. The van der Waals surface area contributed by atoms with E-state index >= 15 is 0 Å². The second-order valence-electron chi connectivity index (χ2n) is 9.18. The van der Waals surface area contributed by atoms with Crippen LogP contribution in [0.3, 0.4) is 0 Å². The van der Waals surface area contributed by atoms with E-state index in [9.17, 15) is 9.59 Å². The minimum Gasteiger partial charge on any atom is -0.478 e. The highest BCUT2D eigenvalue weighted by Gasteiger charge is 2.72. The Morgan fingerprint density at radius 3 is 2.30 bits per heavy atom. The average Bonchev–Trinajstić information content (AvgIpc) is 3.67. The zero-order chi connectivity index (χ0) is 24.1. The number of allylic oxidation sites excluding steroid dienone is 7. The van der Waals surface area contributed by atoms with E-state index in [1.165, 1.54) is 17.7 Å². The predicted octanol–water partition coefficient (Wildman–Crippen LogP) is 3.92. The van der Waals surface area contributed by atoms with E-state index in [0.717, 1.165) is 18.9 Å². The average molecular weight is 459 g/mol. The lowest BCUT2D eigenvalue weighted by atomic mass is 9.68. The molecule has 0 unspecified atom stereocenters. The quantitative estimate of drug-likeness (QED) is 0.174. The van der Waals surface area contributed by atoms with Gasteiger partial charge in [-0.3, -0.25) is 0 Å². The summed E-state index contributed by atoms with van der Waals surface area (Å²) in [6.45, 7) is 6.96. The summed E-state index contributed by atoms with van der Waals surface area (Å²) in [5, 5.41) is 8.51. The number of esters is 1. The van der Waals surface area contributed by atoms with Crippen molar-refractivity contribution < 1.29 is 33.6 Å². The molecule has 3 fully saturated rings. The molecule has 3 aliphatic rings. The Kier molecular flexibility index (Phi) is 8.10. The maximum absolute atomic E-state index is 12.4. The molecule has 0 aromatic heterocycles. The highest BCUT2D eigenvalue weighted by molar-refractivity contribution is 5.82. The second-order valence-corrected chi connectivity index (χ2v) is 9.18. The van der Waals surface area contributed by atoms with Gasteiger partial charge in [0.2, 0.25) is 0 Å². The monoisotopic (exact) mass is 458 g/mol. The molecule has 2 saturated heterocycles. The molecule has 1 saturated carbocycles. The number of hydrogen-bond donors (Lipinski definition) is 1. The minimum atomic E-state index is -1.00. The third-order valence-corrected chi connectivity index (χ3v) is 6.53. The fourth-order valence-electron chi connectivity index (χ4n) is 4.79. The minimum absolute atomic E-state index is 0.00928. The van der Waals surface area contributed by atoms with Crippen molar-refractivity contribution in [1.29, 1.82) is 0 Å². The van der Waals surface area contributed by atoms with Crippen molar-refractivity contribution in [2.45, 2.75) is 69.5 Å². The van der Waals surface area contributed by atoms with Crippen LogP contribution in [0.25, 0.3) is 0 Å². The molecule has 0 bridgehead atoms. The maximum atomic E-state index is 12.4. The molecule has 2 heterocycles. The summed E-state index contributed by atoms with van der Waals surface area (Å²) in [6.07, 6.45) is 16.0. The summed E-state index contributed by atoms with van der Waals surface area (Å²) < 4.78 is 23.8. The molecular formula is C26H34O7. The van der Waals surface area contributed by atoms with Crippen LogP contribution in [0.1, 0.15) is 40.0 Å². The second kappa shape index (κ2) is 10.6. The number of carbonyl (C=O) groups is 2. The summed E-state index contributed by atoms with van der Waals surface area (Å²) >= 11 is 0. The van der Waals surface area contributed by atoms with Crippen LogP contribution in [0.2, 0.25) is 0 Å². The molecule has 33 heavy (non-hydrogen) atoms. The van der Waals surface area contributed by atoms with Gasteiger partial charge in [-0.05, 0) is 40.0 Å². The maximum Gasteiger partial charge on any atom is 0.331 e. The molecule has 0 amide bonds. The lowest BCUT2D eigenvalue weighted by molar-refractivity contribution is -0.166. The van der Waals surface area contributed by atoms with Crippen LogP contribution in [0, 0.1) is 5.92 Å². The van der Waals surface area contributed by atoms with Gasteiger partial charge in [0.25, 0.3) is 0 Å². The number of carboxylic acids is 1. The fourth-order valence-corrected chi connectivity index (χ4v) is 4.79. The van der Waals surface area contributed by atoms with E-state index in [-0.39, 0.29) is 35.4 Å². The first kappa shape index (κ1) is 25.1. The molecule has 0 aromatic rings. The van der Waals surface area contributed by atoms with Crippen molar-refractivity contribution in [3.05, 3.63) is 60.3 Å². The molecule has 180 valence electrons. The summed E-state index contributed by atoms with van der Waals surface area (Å²) in [4.78, 5) is 22.8. The van der Waals surface area contributed by atoms with Gasteiger partial charge in [-0.15, -0.1) is 0 Å². The number of hydrogen-bond acceptors (Lipinski definition) is 6.